The lowest BCUT2D eigenvalue weighted by Crippen LogP contribution is -2.27. The number of methoxy groups -OCH3 is 2. The van der Waals surface area contributed by atoms with Crippen LogP contribution in [0, 0.1) is 5.82 Å². The zero-order valence-electron chi connectivity index (χ0n) is 17.0. The summed E-state index contributed by atoms with van der Waals surface area (Å²) in [6.45, 7) is 0. The van der Waals surface area contributed by atoms with Crippen molar-refractivity contribution in [1.82, 2.24) is 4.41 Å². The molecule has 8 heteroatoms. The first-order valence-electron chi connectivity index (χ1n) is 9.59. The summed E-state index contributed by atoms with van der Waals surface area (Å²) in [5, 5.41) is 4.44. The Labute approximate surface area is 180 Å². The molecule has 0 radical (unpaired) electrons. The highest BCUT2D eigenvalue weighted by Gasteiger charge is 2.39. The molecule has 1 atom stereocenters. The predicted molar refractivity (Wildman–Crippen MR) is 115 cm³/mol. The number of halogens is 1. The van der Waals surface area contributed by atoms with Crippen LogP contribution in [0.15, 0.2) is 82.8 Å². The predicted octanol–water partition coefficient (Wildman–Crippen LogP) is 4.38. The fourth-order valence-electron chi connectivity index (χ4n) is 3.54. The number of hydrogen-bond donors (Lipinski definition) is 0. The lowest BCUT2D eigenvalue weighted by atomic mass is 9.98. The van der Waals surface area contributed by atoms with E-state index < -0.39 is 21.9 Å². The van der Waals surface area contributed by atoms with Gasteiger partial charge in [-0.25, -0.2) is 4.39 Å². The molecule has 0 aromatic heterocycles. The second-order valence-electron chi connectivity index (χ2n) is 6.98. The van der Waals surface area contributed by atoms with Crippen molar-refractivity contribution in [1.29, 1.82) is 0 Å². The van der Waals surface area contributed by atoms with Crippen LogP contribution in [-0.4, -0.2) is 32.8 Å². The molecule has 0 unspecified atom stereocenters. The Bertz CT molecular complexity index is 1210. The van der Waals surface area contributed by atoms with Gasteiger partial charge < -0.3 is 9.47 Å². The summed E-state index contributed by atoms with van der Waals surface area (Å²) in [6, 6.07) is 18.5. The van der Waals surface area contributed by atoms with Crippen molar-refractivity contribution in [2.45, 2.75) is 17.4 Å². The maximum Gasteiger partial charge on any atom is 0.279 e. The van der Waals surface area contributed by atoms with Crippen LogP contribution in [0.25, 0.3) is 0 Å². The minimum Gasteiger partial charge on any atom is -0.497 e. The van der Waals surface area contributed by atoms with E-state index in [9.17, 15) is 12.8 Å². The molecule has 4 rings (SSSR count). The zero-order valence-corrected chi connectivity index (χ0v) is 17.8. The van der Waals surface area contributed by atoms with Crippen molar-refractivity contribution in [2.24, 2.45) is 5.10 Å². The van der Waals surface area contributed by atoms with E-state index in [-0.39, 0.29) is 16.9 Å². The highest BCUT2D eigenvalue weighted by atomic mass is 32.2. The van der Waals surface area contributed by atoms with Gasteiger partial charge in [0, 0.05) is 23.6 Å². The normalized spacial score (nSPS) is 16.2. The Hall–Kier alpha value is -3.39. The number of sulfonamides is 1. The molecule has 0 saturated carbocycles. The molecule has 3 aromatic rings. The van der Waals surface area contributed by atoms with Gasteiger partial charge in [-0.2, -0.15) is 17.9 Å². The van der Waals surface area contributed by atoms with Crippen molar-refractivity contribution in [3.05, 3.63) is 89.7 Å². The Morgan fingerprint density at radius 2 is 1.55 bits per heavy atom. The van der Waals surface area contributed by atoms with Crippen molar-refractivity contribution in [3.63, 3.8) is 0 Å². The van der Waals surface area contributed by atoms with E-state index in [1.165, 1.54) is 32.4 Å². The van der Waals surface area contributed by atoms with Crippen LogP contribution >= 0.6 is 0 Å². The maximum atomic E-state index is 14.7. The fraction of sp³-hybridized carbons (Fsp3) is 0.174. The summed E-state index contributed by atoms with van der Waals surface area (Å²) in [7, 11) is -0.946. The zero-order chi connectivity index (χ0) is 22.0. The van der Waals surface area contributed by atoms with Gasteiger partial charge in [0.05, 0.1) is 30.9 Å². The number of nitrogens with zero attached hydrogens (tertiary/aromatic N) is 2. The second kappa shape index (κ2) is 8.39. The van der Waals surface area contributed by atoms with Crippen molar-refractivity contribution in [2.75, 3.05) is 14.2 Å². The molecular formula is C23H21FN2O4S. The van der Waals surface area contributed by atoms with Crippen molar-refractivity contribution >= 4 is 15.7 Å². The van der Waals surface area contributed by atoms with Crippen LogP contribution in [0.5, 0.6) is 11.5 Å². The van der Waals surface area contributed by atoms with Crippen LogP contribution in [0.4, 0.5) is 4.39 Å². The maximum absolute atomic E-state index is 14.7. The second-order valence-corrected chi connectivity index (χ2v) is 8.78. The molecular weight excluding hydrogens is 419 g/mol. The number of rotatable bonds is 6. The molecule has 0 aliphatic carbocycles. The Balaban J connectivity index is 1.84. The minimum absolute atomic E-state index is 0.0876. The molecule has 3 aromatic carbocycles. The molecule has 160 valence electrons. The topological polar surface area (TPSA) is 68.2 Å². The van der Waals surface area contributed by atoms with Gasteiger partial charge in [0.1, 0.15) is 17.3 Å². The minimum atomic E-state index is -4.01. The van der Waals surface area contributed by atoms with Crippen LogP contribution in [0.3, 0.4) is 0 Å². The first-order valence-corrected chi connectivity index (χ1v) is 11.0. The number of ether oxygens (including phenoxy) is 2. The monoisotopic (exact) mass is 440 g/mol. The number of benzene rings is 3. The lowest BCUT2D eigenvalue weighted by Gasteiger charge is -2.23. The molecule has 0 fully saturated rings. The van der Waals surface area contributed by atoms with Gasteiger partial charge in [-0.1, -0.05) is 36.4 Å². The molecule has 31 heavy (non-hydrogen) atoms. The molecule has 0 spiro atoms. The standard InChI is InChI=1S/C23H21FN2O4S/c1-29-17-12-16(13-18(14-17)30-2)22-15-23(20-10-6-7-11-21(20)24)26(25-22)31(27,28)19-8-4-3-5-9-19/h3-14,23H,15H2,1-2H3/t23-/m1/s1. The van der Waals surface area contributed by atoms with E-state index in [4.69, 9.17) is 9.47 Å². The highest BCUT2D eigenvalue weighted by molar-refractivity contribution is 7.89. The smallest absolute Gasteiger partial charge is 0.279 e. The van der Waals surface area contributed by atoms with Gasteiger partial charge in [0.2, 0.25) is 0 Å². The van der Waals surface area contributed by atoms with Gasteiger partial charge in [-0.3, -0.25) is 0 Å². The summed E-state index contributed by atoms with van der Waals surface area (Å²) >= 11 is 0. The van der Waals surface area contributed by atoms with Gasteiger partial charge in [0.25, 0.3) is 10.0 Å². The third-order valence-corrected chi connectivity index (χ3v) is 6.81. The highest BCUT2D eigenvalue weighted by Crippen LogP contribution is 2.39. The van der Waals surface area contributed by atoms with E-state index in [0.717, 1.165) is 4.41 Å². The summed E-state index contributed by atoms with van der Waals surface area (Å²) in [5.41, 5.74) is 1.39. The number of hydrogen-bond acceptors (Lipinski definition) is 5. The van der Waals surface area contributed by atoms with Crippen LogP contribution in [0.2, 0.25) is 0 Å². The molecule has 0 N–H and O–H groups in total. The van der Waals surface area contributed by atoms with Gasteiger partial charge in [-0.05, 0) is 30.3 Å². The largest absolute Gasteiger partial charge is 0.497 e. The van der Waals surface area contributed by atoms with E-state index in [0.29, 0.717) is 22.8 Å². The average Bonchev–Trinajstić information content (AvgIpc) is 3.26. The number of hydrazone groups is 1. The van der Waals surface area contributed by atoms with E-state index in [2.05, 4.69) is 5.10 Å². The third kappa shape index (κ3) is 3.98. The first-order chi connectivity index (χ1) is 14.9. The third-order valence-electron chi connectivity index (χ3n) is 5.11. The lowest BCUT2D eigenvalue weighted by molar-refractivity contribution is 0.362. The molecule has 1 aliphatic rings. The molecule has 1 heterocycles. The summed E-state index contributed by atoms with van der Waals surface area (Å²) in [4.78, 5) is 0.0876. The van der Waals surface area contributed by atoms with Crippen molar-refractivity contribution in [3.8, 4) is 11.5 Å². The van der Waals surface area contributed by atoms with Gasteiger partial charge in [0.15, 0.2) is 0 Å². The first kappa shape index (κ1) is 20.9. The average molecular weight is 440 g/mol. The Kier molecular flexibility index (Phi) is 5.65. The summed E-state index contributed by atoms with van der Waals surface area (Å²) in [6.07, 6.45) is 0.198. The molecule has 0 saturated heterocycles. The molecule has 0 bridgehead atoms. The van der Waals surface area contributed by atoms with E-state index >= 15 is 0 Å². The van der Waals surface area contributed by atoms with E-state index in [1.54, 1.807) is 54.6 Å². The van der Waals surface area contributed by atoms with Crippen LogP contribution in [0.1, 0.15) is 23.6 Å². The summed E-state index contributed by atoms with van der Waals surface area (Å²) in [5.74, 6) is 0.605. The van der Waals surface area contributed by atoms with E-state index in [1.807, 2.05) is 0 Å². The van der Waals surface area contributed by atoms with Crippen LogP contribution in [-0.2, 0) is 10.0 Å². The molecule has 0 amide bonds. The van der Waals surface area contributed by atoms with Gasteiger partial charge >= 0.3 is 0 Å². The Morgan fingerprint density at radius 1 is 0.935 bits per heavy atom. The summed E-state index contributed by atoms with van der Waals surface area (Å²) < 4.78 is 53.1. The van der Waals surface area contributed by atoms with Crippen LogP contribution < -0.4 is 9.47 Å². The Morgan fingerprint density at radius 3 is 2.16 bits per heavy atom. The molecule has 6 nitrogen and oxygen atoms in total. The quantitative estimate of drug-likeness (QED) is 0.570. The fourth-order valence-corrected chi connectivity index (χ4v) is 4.98. The van der Waals surface area contributed by atoms with Crippen molar-refractivity contribution < 1.29 is 22.3 Å². The van der Waals surface area contributed by atoms with Gasteiger partial charge in [-0.15, -0.1) is 0 Å². The SMILES string of the molecule is COc1cc(OC)cc(C2=NN(S(=O)(=O)c3ccccc3)[C@@H](c3ccccc3F)C2)c1. The molecule has 1 aliphatic heterocycles.